The van der Waals surface area contributed by atoms with Crippen LogP contribution in [0.5, 0.6) is 0 Å². The van der Waals surface area contributed by atoms with Crippen LogP contribution in [0.15, 0.2) is 0 Å². The second kappa shape index (κ2) is 4.79. The van der Waals surface area contributed by atoms with Crippen molar-refractivity contribution in [1.82, 2.24) is 0 Å². The van der Waals surface area contributed by atoms with Crippen LogP contribution >= 0.6 is 0 Å². The number of rotatable bonds is 3. The van der Waals surface area contributed by atoms with Gasteiger partial charge in [-0.3, -0.25) is 0 Å². The summed E-state index contributed by atoms with van der Waals surface area (Å²) in [6.45, 7) is 4.63. The molecule has 0 atom stereocenters. The van der Waals surface area contributed by atoms with E-state index < -0.39 is 0 Å². The first-order chi connectivity index (χ1) is 5.38. The van der Waals surface area contributed by atoms with Crippen molar-refractivity contribution in [3.63, 3.8) is 0 Å². The standard InChI is InChI=1S/C11H21/c1-3-10(4-2)11-8-6-5-7-9-11/h11H,3-9H2,1-2H3. The van der Waals surface area contributed by atoms with Crippen molar-refractivity contribution in [2.24, 2.45) is 5.92 Å². The maximum Gasteiger partial charge on any atom is -0.0215 e. The normalized spacial score (nSPS) is 21.0. The monoisotopic (exact) mass is 153 g/mol. The molecule has 0 aromatic rings. The first-order valence-corrected chi connectivity index (χ1v) is 5.23. The second-order valence-corrected chi connectivity index (χ2v) is 3.70. The Morgan fingerprint density at radius 2 is 1.55 bits per heavy atom. The van der Waals surface area contributed by atoms with Crippen molar-refractivity contribution < 1.29 is 0 Å². The highest BCUT2D eigenvalue weighted by Crippen LogP contribution is 2.34. The first-order valence-electron chi connectivity index (χ1n) is 5.23. The van der Waals surface area contributed by atoms with Crippen LogP contribution in [-0.2, 0) is 0 Å². The Labute approximate surface area is 71.4 Å². The zero-order valence-corrected chi connectivity index (χ0v) is 8.03. The van der Waals surface area contributed by atoms with E-state index in [4.69, 9.17) is 0 Å². The van der Waals surface area contributed by atoms with Gasteiger partial charge in [-0.2, -0.15) is 0 Å². The molecule has 11 heavy (non-hydrogen) atoms. The number of hydrogen-bond acceptors (Lipinski definition) is 0. The largest absolute Gasteiger partial charge is 0.0648 e. The Morgan fingerprint density at radius 3 is 2.00 bits per heavy atom. The molecule has 0 aromatic heterocycles. The minimum absolute atomic E-state index is 0.999. The molecule has 0 aliphatic heterocycles. The van der Waals surface area contributed by atoms with Crippen molar-refractivity contribution in [1.29, 1.82) is 0 Å². The van der Waals surface area contributed by atoms with Crippen molar-refractivity contribution >= 4 is 0 Å². The summed E-state index contributed by atoms with van der Waals surface area (Å²) in [5.74, 6) is 2.82. The lowest BCUT2D eigenvalue weighted by atomic mass is 9.78. The van der Waals surface area contributed by atoms with Crippen LogP contribution in [0, 0.1) is 11.8 Å². The molecule has 0 saturated heterocycles. The van der Waals surface area contributed by atoms with Crippen molar-refractivity contribution in [3.8, 4) is 0 Å². The quantitative estimate of drug-likeness (QED) is 0.575. The van der Waals surface area contributed by atoms with E-state index in [0.29, 0.717) is 0 Å². The average Bonchev–Trinajstić information content (AvgIpc) is 2.09. The summed E-state index contributed by atoms with van der Waals surface area (Å²) in [4.78, 5) is 0. The van der Waals surface area contributed by atoms with E-state index in [0.717, 1.165) is 5.92 Å². The minimum atomic E-state index is 0.999. The average molecular weight is 153 g/mol. The molecule has 0 unspecified atom stereocenters. The molecule has 0 spiro atoms. The highest BCUT2D eigenvalue weighted by Gasteiger charge is 2.20. The van der Waals surface area contributed by atoms with Crippen molar-refractivity contribution in [3.05, 3.63) is 5.92 Å². The Kier molecular flexibility index (Phi) is 3.96. The lowest BCUT2D eigenvalue weighted by Crippen LogP contribution is -2.14. The molecule has 0 bridgehead atoms. The van der Waals surface area contributed by atoms with Crippen LogP contribution in [0.2, 0.25) is 0 Å². The molecular formula is C11H21. The molecule has 65 valence electrons. The van der Waals surface area contributed by atoms with Crippen LogP contribution in [0.1, 0.15) is 58.8 Å². The van der Waals surface area contributed by atoms with Crippen molar-refractivity contribution in [2.45, 2.75) is 58.8 Å². The molecule has 1 aliphatic rings. The van der Waals surface area contributed by atoms with Gasteiger partial charge in [-0.05, 0) is 37.5 Å². The van der Waals surface area contributed by atoms with E-state index in [2.05, 4.69) is 13.8 Å². The molecule has 1 saturated carbocycles. The third-order valence-corrected chi connectivity index (χ3v) is 3.09. The van der Waals surface area contributed by atoms with E-state index >= 15 is 0 Å². The van der Waals surface area contributed by atoms with Gasteiger partial charge in [-0.1, -0.05) is 33.1 Å². The Bertz CT molecular complexity index is 86.2. The summed E-state index contributed by atoms with van der Waals surface area (Å²) in [6, 6.07) is 0. The fourth-order valence-corrected chi connectivity index (χ4v) is 2.34. The Balaban J connectivity index is 2.30. The van der Waals surface area contributed by atoms with Crippen LogP contribution in [-0.4, -0.2) is 0 Å². The maximum atomic E-state index is 2.31. The summed E-state index contributed by atoms with van der Waals surface area (Å²) in [7, 11) is 0. The van der Waals surface area contributed by atoms with Gasteiger partial charge in [0.05, 0.1) is 0 Å². The van der Waals surface area contributed by atoms with Gasteiger partial charge in [-0.15, -0.1) is 0 Å². The van der Waals surface area contributed by atoms with E-state index in [-0.39, 0.29) is 0 Å². The van der Waals surface area contributed by atoms with E-state index in [1.165, 1.54) is 44.9 Å². The summed E-state index contributed by atoms with van der Waals surface area (Å²) in [5.41, 5.74) is 0. The van der Waals surface area contributed by atoms with Gasteiger partial charge in [0.2, 0.25) is 0 Å². The van der Waals surface area contributed by atoms with Crippen LogP contribution in [0.4, 0.5) is 0 Å². The maximum absolute atomic E-state index is 2.31. The zero-order chi connectivity index (χ0) is 8.10. The Hall–Kier alpha value is 0. The van der Waals surface area contributed by atoms with Gasteiger partial charge in [0.1, 0.15) is 0 Å². The molecule has 0 aromatic carbocycles. The molecule has 0 amide bonds. The summed E-state index contributed by atoms with van der Waals surface area (Å²) < 4.78 is 0. The van der Waals surface area contributed by atoms with Gasteiger partial charge in [0.25, 0.3) is 0 Å². The molecule has 1 rings (SSSR count). The van der Waals surface area contributed by atoms with Gasteiger partial charge in [-0.25, -0.2) is 0 Å². The second-order valence-electron chi connectivity index (χ2n) is 3.70. The lowest BCUT2D eigenvalue weighted by Gasteiger charge is -2.28. The zero-order valence-electron chi connectivity index (χ0n) is 8.03. The smallest absolute Gasteiger partial charge is 0.0215 e. The van der Waals surface area contributed by atoms with E-state index in [9.17, 15) is 0 Å². The fraction of sp³-hybridized carbons (Fsp3) is 0.909. The van der Waals surface area contributed by atoms with E-state index in [1.54, 1.807) is 0 Å². The minimum Gasteiger partial charge on any atom is -0.0648 e. The molecular weight excluding hydrogens is 132 g/mol. The molecule has 0 nitrogen and oxygen atoms in total. The molecule has 1 fully saturated rings. The summed E-state index contributed by atoms with van der Waals surface area (Å²) >= 11 is 0. The Morgan fingerprint density at radius 1 is 1.00 bits per heavy atom. The van der Waals surface area contributed by atoms with Crippen LogP contribution in [0.25, 0.3) is 0 Å². The highest BCUT2D eigenvalue weighted by atomic mass is 14.3. The number of hydrogen-bond donors (Lipinski definition) is 0. The van der Waals surface area contributed by atoms with Crippen LogP contribution in [0.3, 0.4) is 0 Å². The van der Waals surface area contributed by atoms with Crippen molar-refractivity contribution in [2.75, 3.05) is 0 Å². The fourth-order valence-electron chi connectivity index (χ4n) is 2.34. The molecule has 0 heteroatoms. The van der Waals surface area contributed by atoms with Gasteiger partial charge >= 0.3 is 0 Å². The lowest BCUT2D eigenvalue weighted by molar-refractivity contribution is 0.351. The van der Waals surface area contributed by atoms with Gasteiger partial charge in [0.15, 0.2) is 0 Å². The third kappa shape index (κ3) is 2.50. The summed E-state index contributed by atoms with van der Waals surface area (Å²) in [5, 5.41) is 0. The molecule has 0 N–H and O–H groups in total. The SMILES string of the molecule is CC[C](CC)C1CCCCC1. The first kappa shape index (κ1) is 9.09. The van der Waals surface area contributed by atoms with Crippen LogP contribution < -0.4 is 0 Å². The molecule has 1 radical (unpaired) electrons. The van der Waals surface area contributed by atoms with E-state index in [1.807, 2.05) is 5.92 Å². The molecule has 0 heterocycles. The van der Waals surface area contributed by atoms with Gasteiger partial charge < -0.3 is 0 Å². The topological polar surface area (TPSA) is 0 Å². The summed E-state index contributed by atoms with van der Waals surface area (Å²) in [6.07, 6.45) is 10.1. The molecule has 1 aliphatic carbocycles. The van der Waals surface area contributed by atoms with Gasteiger partial charge in [0, 0.05) is 0 Å². The predicted molar refractivity (Wildman–Crippen MR) is 50.4 cm³/mol. The highest BCUT2D eigenvalue weighted by molar-refractivity contribution is 4.95. The third-order valence-electron chi connectivity index (χ3n) is 3.09. The predicted octanol–water partition coefficient (Wildman–Crippen LogP) is 3.96.